The zero-order valence-electron chi connectivity index (χ0n) is 7.49. The van der Waals surface area contributed by atoms with E-state index >= 15 is 0 Å². The molecule has 0 N–H and O–H groups in total. The maximum atomic E-state index is 10.4. The van der Waals surface area contributed by atoms with E-state index in [1.54, 1.807) is 6.92 Å². The quantitative estimate of drug-likeness (QED) is 0.596. The lowest BCUT2D eigenvalue weighted by Crippen LogP contribution is -2.13. The van der Waals surface area contributed by atoms with Crippen LogP contribution >= 0.6 is 0 Å². The number of carbonyl (C=O) groups excluding carboxylic acids is 2. The van der Waals surface area contributed by atoms with Gasteiger partial charge in [-0.15, -0.1) is 0 Å². The van der Waals surface area contributed by atoms with Gasteiger partial charge in [0, 0.05) is 20.3 Å². The summed E-state index contributed by atoms with van der Waals surface area (Å²) in [6.45, 7) is 5.70. The van der Waals surface area contributed by atoms with Gasteiger partial charge in [-0.2, -0.15) is 0 Å². The Bertz CT molecular complexity index is 164. The van der Waals surface area contributed by atoms with Gasteiger partial charge in [0.1, 0.15) is 12.7 Å². The number of hydrogen-bond acceptors (Lipinski definition) is 4. The van der Waals surface area contributed by atoms with E-state index in [-0.39, 0.29) is 18.0 Å². The van der Waals surface area contributed by atoms with Crippen LogP contribution in [0.3, 0.4) is 0 Å². The summed E-state index contributed by atoms with van der Waals surface area (Å²) in [6, 6.07) is 0. The van der Waals surface area contributed by atoms with Crippen LogP contribution in [0.5, 0.6) is 0 Å². The summed E-state index contributed by atoms with van der Waals surface area (Å²) < 4.78 is 9.31. The highest BCUT2D eigenvalue weighted by atomic mass is 16.6. The van der Waals surface area contributed by atoms with Crippen molar-refractivity contribution in [3.05, 3.63) is 6.61 Å². The van der Waals surface area contributed by atoms with Crippen molar-refractivity contribution in [1.29, 1.82) is 0 Å². The molecule has 4 nitrogen and oxygen atoms in total. The van der Waals surface area contributed by atoms with Gasteiger partial charge in [0.05, 0.1) is 0 Å². The zero-order valence-corrected chi connectivity index (χ0v) is 7.49. The van der Waals surface area contributed by atoms with Crippen LogP contribution < -0.4 is 0 Å². The van der Waals surface area contributed by atoms with Gasteiger partial charge in [0.15, 0.2) is 0 Å². The SMILES string of the molecule is CC(=O)O[CH]CC(C)OC(C)=O. The minimum absolute atomic E-state index is 0.248. The van der Waals surface area contributed by atoms with Crippen molar-refractivity contribution in [2.75, 3.05) is 0 Å². The van der Waals surface area contributed by atoms with Crippen molar-refractivity contribution in [2.45, 2.75) is 33.3 Å². The molecule has 4 heteroatoms. The number of hydrogen-bond donors (Lipinski definition) is 0. The first-order valence-corrected chi connectivity index (χ1v) is 3.68. The van der Waals surface area contributed by atoms with Gasteiger partial charge in [-0.3, -0.25) is 9.59 Å². The molecule has 0 spiro atoms. The Morgan fingerprint density at radius 1 is 1.33 bits per heavy atom. The molecule has 0 aliphatic carbocycles. The van der Waals surface area contributed by atoms with Gasteiger partial charge >= 0.3 is 11.9 Å². The van der Waals surface area contributed by atoms with Crippen molar-refractivity contribution in [3.63, 3.8) is 0 Å². The van der Waals surface area contributed by atoms with E-state index in [1.165, 1.54) is 20.5 Å². The van der Waals surface area contributed by atoms with E-state index in [4.69, 9.17) is 4.74 Å². The van der Waals surface area contributed by atoms with Crippen LogP contribution in [0.15, 0.2) is 0 Å². The van der Waals surface area contributed by atoms with Crippen LogP contribution in [-0.4, -0.2) is 18.0 Å². The highest BCUT2D eigenvalue weighted by molar-refractivity contribution is 5.66. The Morgan fingerprint density at radius 2 is 1.92 bits per heavy atom. The normalized spacial score (nSPS) is 11.9. The van der Waals surface area contributed by atoms with Crippen molar-refractivity contribution >= 4 is 11.9 Å². The lowest BCUT2D eigenvalue weighted by molar-refractivity contribution is -0.146. The minimum atomic E-state index is -0.370. The van der Waals surface area contributed by atoms with Crippen LogP contribution in [0.2, 0.25) is 0 Å². The summed E-state index contributed by atoms with van der Waals surface area (Å²) in [5.74, 6) is -0.705. The molecular formula is C8H13O4. The maximum absolute atomic E-state index is 10.4. The van der Waals surface area contributed by atoms with Gasteiger partial charge in [-0.25, -0.2) is 0 Å². The van der Waals surface area contributed by atoms with E-state index in [9.17, 15) is 9.59 Å². The standard InChI is InChI=1S/C8H13O4/c1-6(12-8(3)10)4-5-11-7(2)9/h5-6H,4H2,1-3H3. The van der Waals surface area contributed by atoms with E-state index in [0.29, 0.717) is 6.42 Å². The average Bonchev–Trinajstić information content (AvgIpc) is 1.84. The van der Waals surface area contributed by atoms with Crippen LogP contribution in [-0.2, 0) is 19.1 Å². The number of ether oxygens (including phenoxy) is 2. The number of esters is 2. The van der Waals surface area contributed by atoms with E-state index in [2.05, 4.69) is 4.74 Å². The lowest BCUT2D eigenvalue weighted by Gasteiger charge is -2.10. The van der Waals surface area contributed by atoms with Crippen LogP contribution in [0.1, 0.15) is 27.2 Å². The fourth-order valence-corrected chi connectivity index (χ4v) is 0.632. The van der Waals surface area contributed by atoms with Crippen molar-refractivity contribution in [1.82, 2.24) is 0 Å². The van der Waals surface area contributed by atoms with Gasteiger partial charge < -0.3 is 9.47 Å². The molecule has 12 heavy (non-hydrogen) atoms. The molecule has 0 aliphatic rings. The zero-order chi connectivity index (χ0) is 9.56. The summed E-state index contributed by atoms with van der Waals surface area (Å²) in [5.41, 5.74) is 0. The molecule has 69 valence electrons. The molecule has 0 aromatic carbocycles. The third-order valence-corrected chi connectivity index (χ3v) is 1.04. The smallest absolute Gasteiger partial charge is 0.303 e. The first-order chi connectivity index (χ1) is 5.52. The van der Waals surface area contributed by atoms with E-state index in [0.717, 1.165) is 0 Å². The molecule has 1 atom stereocenters. The number of carbonyl (C=O) groups is 2. The molecule has 0 aliphatic heterocycles. The molecule has 0 amide bonds. The Balaban J connectivity index is 3.37. The minimum Gasteiger partial charge on any atom is -0.463 e. The summed E-state index contributed by atoms with van der Waals surface area (Å²) in [7, 11) is 0. The molecule has 0 heterocycles. The predicted octanol–water partition coefficient (Wildman–Crippen LogP) is 1.05. The summed E-state index contributed by atoms with van der Waals surface area (Å²) >= 11 is 0. The van der Waals surface area contributed by atoms with Crippen LogP contribution in [0, 0.1) is 6.61 Å². The number of rotatable bonds is 4. The molecule has 0 aromatic heterocycles. The van der Waals surface area contributed by atoms with Crippen molar-refractivity contribution in [3.8, 4) is 0 Å². The van der Waals surface area contributed by atoms with E-state index in [1.807, 2.05) is 0 Å². The largest absolute Gasteiger partial charge is 0.463 e. The van der Waals surface area contributed by atoms with Crippen molar-refractivity contribution < 1.29 is 19.1 Å². The predicted molar refractivity (Wildman–Crippen MR) is 41.9 cm³/mol. The Kier molecular flexibility index (Phi) is 5.08. The molecule has 1 unspecified atom stereocenters. The molecule has 0 aromatic rings. The van der Waals surface area contributed by atoms with Crippen LogP contribution in [0.25, 0.3) is 0 Å². The summed E-state index contributed by atoms with van der Waals surface area (Å²) in [5, 5.41) is 0. The van der Waals surface area contributed by atoms with Crippen LogP contribution in [0.4, 0.5) is 0 Å². The fraction of sp³-hybridized carbons (Fsp3) is 0.625. The van der Waals surface area contributed by atoms with Gasteiger partial charge in [-0.1, -0.05) is 0 Å². The average molecular weight is 173 g/mol. The molecule has 0 rings (SSSR count). The third kappa shape index (κ3) is 7.05. The van der Waals surface area contributed by atoms with Gasteiger partial charge in [-0.05, 0) is 6.92 Å². The molecule has 0 fully saturated rings. The second-order valence-corrected chi connectivity index (χ2v) is 2.43. The highest BCUT2D eigenvalue weighted by Crippen LogP contribution is 2.01. The molecule has 0 saturated carbocycles. The second kappa shape index (κ2) is 5.57. The highest BCUT2D eigenvalue weighted by Gasteiger charge is 2.05. The van der Waals surface area contributed by atoms with Gasteiger partial charge in [0.25, 0.3) is 0 Å². The van der Waals surface area contributed by atoms with Crippen molar-refractivity contribution in [2.24, 2.45) is 0 Å². The van der Waals surface area contributed by atoms with Gasteiger partial charge in [0.2, 0.25) is 0 Å². The first kappa shape index (κ1) is 10.9. The molecule has 1 radical (unpaired) electrons. The third-order valence-electron chi connectivity index (χ3n) is 1.04. The first-order valence-electron chi connectivity index (χ1n) is 3.68. The summed E-state index contributed by atoms with van der Waals surface area (Å²) in [4.78, 5) is 20.7. The topological polar surface area (TPSA) is 52.6 Å². The van der Waals surface area contributed by atoms with E-state index < -0.39 is 0 Å². The molecular weight excluding hydrogens is 160 g/mol. The Hall–Kier alpha value is -1.06. The summed E-state index contributed by atoms with van der Waals surface area (Å²) in [6.07, 6.45) is 0.168. The lowest BCUT2D eigenvalue weighted by atomic mass is 10.3. The molecule has 0 saturated heterocycles. The second-order valence-electron chi connectivity index (χ2n) is 2.43. The Morgan fingerprint density at radius 3 is 2.33 bits per heavy atom. The fourth-order valence-electron chi connectivity index (χ4n) is 0.632. The maximum Gasteiger partial charge on any atom is 0.303 e. The Labute approximate surface area is 71.8 Å². The molecule has 0 bridgehead atoms. The monoisotopic (exact) mass is 173 g/mol.